The smallest absolute Gasteiger partial charge is 0.343 e. The molecule has 3 atom stereocenters. The van der Waals surface area contributed by atoms with E-state index in [0.29, 0.717) is 10.6 Å². The van der Waals surface area contributed by atoms with E-state index >= 15 is 0 Å². The van der Waals surface area contributed by atoms with E-state index in [9.17, 15) is 18.8 Å². The minimum absolute atomic E-state index is 0.0118. The molecule has 3 amide bonds. The number of halogens is 2. The molecule has 156 valence electrons. The molecule has 1 aromatic rings. The number of hydrogen-bond donors (Lipinski definition) is 2. The van der Waals surface area contributed by atoms with Crippen molar-refractivity contribution in [2.45, 2.75) is 37.1 Å². The van der Waals surface area contributed by atoms with Crippen molar-refractivity contribution in [3.63, 3.8) is 0 Å². The molecule has 1 heterocycles. The highest BCUT2D eigenvalue weighted by atomic mass is 35.5. The maximum atomic E-state index is 14.3. The van der Waals surface area contributed by atoms with Gasteiger partial charge in [-0.25, -0.2) is 14.0 Å². The van der Waals surface area contributed by atoms with E-state index < -0.39 is 23.5 Å². The molecule has 2 N–H and O–H groups in total. The number of thioether (sulfide) groups is 1. The second-order valence-corrected chi connectivity index (χ2v) is 8.05. The second-order valence-electron chi connectivity index (χ2n) is 6.16. The summed E-state index contributed by atoms with van der Waals surface area (Å²) in [4.78, 5) is 38.9. The van der Waals surface area contributed by atoms with Gasteiger partial charge in [-0.1, -0.05) is 17.7 Å². The number of nitrogens with zero attached hydrogens (tertiary/aromatic N) is 1. The lowest BCUT2D eigenvalue weighted by Gasteiger charge is -2.13. The van der Waals surface area contributed by atoms with Gasteiger partial charge in [0, 0.05) is 17.2 Å². The van der Waals surface area contributed by atoms with Crippen molar-refractivity contribution >= 4 is 47.1 Å². The average Bonchev–Trinajstić information content (AvgIpc) is 2.99. The van der Waals surface area contributed by atoms with E-state index in [1.807, 2.05) is 0 Å². The molecule has 0 aliphatic carbocycles. The minimum Gasteiger partial charge on any atom is -0.461 e. The number of benzene rings is 1. The first-order chi connectivity index (χ1) is 13.8. The number of carbonyl (C=O) groups excluding carboxylic acids is 3. The molecule has 2 rings (SSSR count). The van der Waals surface area contributed by atoms with Gasteiger partial charge in [0.15, 0.2) is 0 Å². The van der Waals surface area contributed by atoms with Gasteiger partial charge in [0.05, 0.1) is 5.56 Å². The number of ether oxygens (including phenoxy) is 1. The normalized spacial score (nSPS) is 21.8. The van der Waals surface area contributed by atoms with Crippen LogP contribution in [0.4, 0.5) is 9.18 Å². The zero-order valence-corrected chi connectivity index (χ0v) is 17.4. The van der Waals surface area contributed by atoms with Gasteiger partial charge >= 0.3 is 12.0 Å². The number of urea groups is 1. The van der Waals surface area contributed by atoms with Crippen LogP contribution in [0.5, 0.6) is 0 Å². The van der Waals surface area contributed by atoms with E-state index in [-0.39, 0.29) is 30.0 Å². The topological polar surface area (TPSA) is 96.9 Å². The standard InChI is InChI=1S/C19H21ClFN3O4S/c1-3-4-16(22-11(2)25)23-19(27)24-17-15(21)9-14(29-17)10-28-18(26)12-5-7-13(20)8-6-12/h3-8,14-15,17H,9-10H2,1-2H3,(H2,22,23,24,25,27)/b4-3-/t14-,15-,17+/m0/s1. The van der Waals surface area contributed by atoms with E-state index in [2.05, 4.69) is 15.6 Å². The molecule has 0 bridgehead atoms. The van der Waals surface area contributed by atoms with Crippen LogP contribution in [-0.4, -0.2) is 47.1 Å². The van der Waals surface area contributed by atoms with Gasteiger partial charge in [-0.15, -0.1) is 11.8 Å². The fraction of sp³-hybridized carbons (Fsp3) is 0.368. The quantitative estimate of drug-likeness (QED) is 0.414. The Bertz CT molecular complexity index is 816. The summed E-state index contributed by atoms with van der Waals surface area (Å²) in [6.07, 6.45) is 1.87. The van der Waals surface area contributed by atoms with E-state index in [0.717, 1.165) is 11.8 Å². The van der Waals surface area contributed by atoms with Gasteiger partial charge < -0.3 is 15.4 Å². The highest BCUT2D eigenvalue weighted by Crippen LogP contribution is 2.34. The average molecular weight is 442 g/mol. The zero-order valence-electron chi connectivity index (χ0n) is 15.9. The molecule has 29 heavy (non-hydrogen) atoms. The molecule has 0 spiro atoms. The van der Waals surface area contributed by atoms with Gasteiger partial charge in [-0.05, 0) is 43.7 Å². The molecule has 1 saturated heterocycles. The highest BCUT2D eigenvalue weighted by Gasteiger charge is 2.37. The summed E-state index contributed by atoms with van der Waals surface area (Å²) < 4.78 is 19.5. The number of hydrogen-bond acceptors (Lipinski definition) is 5. The van der Waals surface area contributed by atoms with Crippen molar-refractivity contribution in [3.05, 3.63) is 47.0 Å². The fourth-order valence-corrected chi connectivity index (χ4v) is 3.93. The van der Waals surface area contributed by atoms with Crippen LogP contribution in [0.25, 0.3) is 0 Å². The fourth-order valence-electron chi connectivity index (χ4n) is 2.50. The van der Waals surface area contributed by atoms with Crippen LogP contribution in [0.1, 0.15) is 30.6 Å². The molecule has 0 aromatic heterocycles. The van der Waals surface area contributed by atoms with Crippen molar-refractivity contribution in [2.75, 3.05) is 6.61 Å². The Kier molecular flexibility index (Phi) is 8.66. The summed E-state index contributed by atoms with van der Waals surface area (Å²) in [5.41, 5.74) is 0.350. The van der Waals surface area contributed by atoms with Gasteiger partial charge in [0.25, 0.3) is 0 Å². The van der Waals surface area contributed by atoms with Crippen LogP contribution in [0.3, 0.4) is 0 Å². The molecule has 1 aliphatic heterocycles. The summed E-state index contributed by atoms with van der Waals surface area (Å²) >= 11 is 6.94. The van der Waals surface area contributed by atoms with Gasteiger partial charge in [0.2, 0.25) is 5.91 Å². The molecule has 10 heteroatoms. The lowest BCUT2D eigenvalue weighted by Crippen LogP contribution is -2.36. The third-order valence-corrected chi connectivity index (χ3v) is 5.42. The highest BCUT2D eigenvalue weighted by molar-refractivity contribution is 8.00. The number of carbonyl (C=O) groups is 3. The molecule has 0 saturated carbocycles. The Morgan fingerprint density at radius 3 is 2.66 bits per heavy atom. The van der Waals surface area contributed by atoms with Gasteiger partial charge in [0.1, 0.15) is 24.0 Å². The first-order valence-corrected chi connectivity index (χ1v) is 10.1. The number of aliphatic imine (C=N–C) groups is 1. The van der Waals surface area contributed by atoms with Crippen molar-refractivity contribution in [2.24, 2.45) is 4.99 Å². The first-order valence-electron chi connectivity index (χ1n) is 8.80. The van der Waals surface area contributed by atoms with Crippen LogP contribution in [-0.2, 0) is 9.53 Å². The summed E-state index contributed by atoms with van der Waals surface area (Å²) in [6.45, 7) is 3.00. The monoisotopic (exact) mass is 441 g/mol. The molecule has 1 aliphatic rings. The molecule has 1 fully saturated rings. The third-order valence-electron chi connectivity index (χ3n) is 3.75. The summed E-state index contributed by atoms with van der Waals surface area (Å²) in [5.74, 6) is -0.846. The van der Waals surface area contributed by atoms with Crippen LogP contribution < -0.4 is 10.6 Å². The summed E-state index contributed by atoms with van der Waals surface area (Å²) in [6, 6.07) is 5.47. The predicted molar refractivity (Wildman–Crippen MR) is 111 cm³/mol. The molecular weight excluding hydrogens is 421 g/mol. The van der Waals surface area contributed by atoms with Crippen molar-refractivity contribution < 1.29 is 23.5 Å². The van der Waals surface area contributed by atoms with Crippen molar-refractivity contribution in [1.29, 1.82) is 0 Å². The number of alkyl halides is 1. The van der Waals surface area contributed by atoms with Crippen LogP contribution >= 0.6 is 23.4 Å². The van der Waals surface area contributed by atoms with Crippen LogP contribution in [0, 0.1) is 0 Å². The Labute approximate surface area is 177 Å². The second kappa shape index (κ2) is 11.0. The van der Waals surface area contributed by atoms with Gasteiger partial charge in [-0.3, -0.25) is 4.79 Å². The molecule has 0 radical (unpaired) electrons. The number of esters is 1. The summed E-state index contributed by atoms with van der Waals surface area (Å²) in [7, 11) is 0. The van der Waals surface area contributed by atoms with E-state index in [1.165, 1.54) is 13.0 Å². The number of nitrogens with one attached hydrogen (secondary N) is 2. The molecule has 1 aromatic carbocycles. The maximum absolute atomic E-state index is 14.3. The van der Waals surface area contributed by atoms with E-state index in [1.54, 1.807) is 37.3 Å². The Morgan fingerprint density at radius 1 is 1.34 bits per heavy atom. The molecule has 7 nitrogen and oxygen atoms in total. The lowest BCUT2D eigenvalue weighted by molar-refractivity contribution is -0.117. The zero-order chi connectivity index (χ0) is 21.4. The van der Waals surface area contributed by atoms with Crippen LogP contribution in [0.2, 0.25) is 5.02 Å². The van der Waals surface area contributed by atoms with Crippen LogP contribution in [0.15, 0.2) is 41.4 Å². The molecular formula is C19H21ClFN3O4S. The largest absolute Gasteiger partial charge is 0.461 e. The predicted octanol–water partition coefficient (Wildman–Crippen LogP) is 3.49. The molecule has 0 unspecified atom stereocenters. The van der Waals surface area contributed by atoms with E-state index in [4.69, 9.17) is 16.3 Å². The van der Waals surface area contributed by atoms with Crippen molar-refractivity contribution in [1.82, 2.24) is 10.6 Å². The number of amidine groups is 1. The maximum Gasteiger partial charge on any atom is 0.343 e. The lowest BCUT2D eigenvalue weighted by atomic mass is 10.2. The Hall–Kier alpha value is -2.39. The third kappa shape index (κ3) is 7.51. The summed E-state index contributed by atoms with van der Waals surface area (Å²) in [5, 5.41) is 4.25. The SMILES string of the molecule is C/C=C\C(=NC(=O)N[C@@H]1S[C@H](COC(=O)c2ccc(Cl)cc2)C[C@@H]1F)NC(C)=O. The van der Waals surface area contributed by atoms with Gasteiger partial charge in [-0.2, -0.15) is 4.99 Å². The Balaban J connectivity index is 1.86. The first kappa shape index (κ1) is 22.9. The number of amides is 3. The number of rotatable bonds is 5. The minimum atomic E-state index is -1.32. The Morgan fingerprint density at radius 2 is 2.03 bits per heavy atom. The number of allylic oxidation sites excluding steroid dienone is 1. The van der Waals surface area contributed by atoms with Crippen molar-refractivity contribution in [3.8, 4) is 0 Å².